The largest absolute Gasteiger partial charge is 0.465 e. The Balaban J connectivity index is 1.82. The molecule has 1 amide bonds. The van der Waals surface area contributed by atoms with Gasteiger partial charge in [0.2, 0.25) is 10.0 Å². The van der Waals surface area contributed by atoms with Crippen molar-refractivity contribution in [3.05, 3.63) is 70.8 Å². The maximum Gasteiger partial charge on any atom is 0.410 e. The molecule has 0 unspecified atom stereocenters. The number of esters is 1. The van der Waals surface area contributed by atoms with Crippen molar-refractivity contribution in [3.8, 4) is 0 Å². The highest BCUT2D eigenvalue weighted by Crippen LogP contribution is 2.25. The summed E-state index contributed by atoms with van der Waals surface area (Å²) in [5, 5.41) is 0.433. The first-order valence-electron chi connectivity index (χ1n) is 11.0. The first-order chi connectivity index (χ1) is 16.4. The van der Waals surface area contributed by atoms with Crippen LogP contribution in [0.5, 0.6) is 0 Å². The van der Waals surface area contributed by atoms with E-state index >= 15 is 0 Å². The molecule has 1 heterocycles. The predicted octanol–water partition coefficient (Wildman–Crippen LogP) is 4.50. The summed E-state index contributed by atoms with van der Waals surface area (Å²) in [6.07, 6.45) is 3.39. The highest BCUT2D eigenvalue weighted by Gasteiger charge is 2.38. The summed E-state index contributed by atoms with van der Waals surface area (Å²) in [5.74, 6) is -0.451. The maximum absolute atomic E-state index is 12.9. The summed E-state index contributed by atoms with van der Waals surface area (Å²) < 4.78 is 38.7. The van der Waals surface area contributed by atoms with Crippen LogP contribution in [-0.2, 0) is 19.5 Å². The van der Waals surface area contributed by atoms with Crippen molar-refractivity contribution in [2.75, 3.05) is 13.7 Å². The Bertz CT molecular complexity index is 1210. The second-order valence-corrected chi connectivity index (χ2v) is 11.3. The molecule has 0 radical (unpaired) electrons. The number of amides is 1. The molecule has 1 aliphatic rings. The van der Waals surface area contributed by atoms with Crippen LogP contribution in [0, 0.1) is 0 Å². The summed E-state index contributed by atoms with van der Waals surface area (Å²) >= 11 is 5.87. The van der Waals surface area contributed by atoms with E-state index < -0.39 is 39.8 Å². The van der Waals surface area contributed by atoms with Gasteiger partial charge < -0.3 is 14.4 Å². The van der Waals surface area contributed by atoms with Crippen LogP contribution in [0.3, 0.4) is 0 Å². The Labute approximate surface area is 210 Å². The van der Waals surface area contributed by atoms with Crippen molar-refractivity contribution in [1.29, 1.82) is 0 Å². The van der Waals surface area contributed by atoms with E-state index in [0.717, 1.165) is 5.56 Å². The van der Waals surface area contributed by atoms with E-state index in [9.17, 15) is 18.0 Å². The highest BCUT2D eigenvalue weighted by molar-refractivity contribution is 7.89. The molecule has 1 aliphatic heterocycles. The minimum Gasteiger partial charge on any atom is -0.465 e. The fourth-order valence-corrected chi connectivity index (χ4v) is 5.04. The standard InChI is InChI=1S/C25H29ClN2O6S/c1-25(2,3)34-24(30)28-16-20(27-35(31,32)22-12-9-19(26)10-13-22)15-21(28)11-8-17-6-5-7-18(14-17)23(29)33-4/h5-14,20-21,27H,15-16H2,1-4H3/b11-8+/t20-,21-/m1/s1. The number of rotatable bonds is 6. The van der Waals surface area contributed by atoms with Gasteiger partial charge in [-0.3, -0.25) is 0 Å². The van der Waals surface area contributed by atoms with Crippen molar-refractivity contribution in [1.82, 2.24) is 9.62 Å². The topological polar surface area (TPSA) is 102 Å². The second-order valence-electron chi connectivity index (χ2n) is 9.18. The number of likely N-dealkylation sites (tertiary alicyclic amines) is 1. The summed E-state index contributed by atoms with van der Waals surface area (Å²) in [6.45, 7) is 5.44. The molecular weight excluding hydrogens is 492 g/mol. The lowest BCUT2D eigenvalue weighted by atomic mass is 10.1. The van der Waals surface area contributed by atoms with Crippen molar-refractivity contribution >= 4 is 39.8 Å². The number of hydrogen-bond acceptors (Lipinski definition) is 6. The number of hydrogen-bond donors (Lipinski definition) is 1. The van der Waals surface area contributed by atoms with Gasteiger partial charge in [-0.2, -0.15) is 0 Å². The number of benzene rings is 2. The zero-order valence-corrected chi connectivity index (χ0v) is 21.6. The fourth-order valence-electron chi connectivity index (χ4n) is 3.67. The molecule has 0 bridgehead atoms. The Morgan fingerprint density at radius 1 is 1.14 bits per heavy atom. The Morgan fingerprint density at radius 2 is 1.83 bits per heavy atom. The molecule has 0 spiro atoms. The van der Waals surface area contributed by atoms with E-state index in [4.69, 9.17) is 21.1 Å². The van der Waals surface area contributed by atoms with Gasteiger partial charge in [-0.1, -0.05) is 35.9 Å². The van der Waals surface area contributed by atoms with E-state index in [2.05, 4.69) is 4.72 Å². The summed E-state index contributed by atoms with van der Waals surface area (Å²) in [6, 6.07) is 11.8. The zero-order valence-electron chi connectivity index (χ0n) is 20.0. The fraction of sp³-hybridized carbons (Fsp3) is 0.360. The minimum absolute atomic E-state index is 0.0873. The maximum atomic E-state index is 12.9. The average Bonchev–Trinajstić information content (AvgIpc) is 3.18. The monoisotopic (exact) mass is 520 g/mol. The van der Waals surface area contributed by atoms with Gasteiger partial charge in [0.05, 0.1) is 23.6 Å². The molecule has 3 rings (SSSR count). The van der Waals surface area contributed by atoms with Gasteiger partial charge in [0.1, 0.15) is 5.60 Å². The van der Waals surface area contributed by atoms with E-state index in [1.165, 1.54) is 36.3 Å². The molecule has 10 heteroatoms. The first kappa shape index (κ1) is 26.7. The van der Waals surface area contributed by atoms with Gasteiger partial charge in [0, 0.05) is 17.6 Å². The van der Waals surface area contributed by atoms with Crippen LogP contribution in [0.1, 0.15) is 43.1 Å². The van der Waals surface area contributed by atoms with Crippen LogP contribution in [0.15, 0.2) is 59.5 Å². The van der Waals surface area contributed by atoms with E-state index in [1.54, 1.807) is 51.1 Å². The van der Waals surface area contributed by atoms with Crippen LogP contribution in [0.2, 0.25) is 5.02 Å². The highest BCUT2D eigenvalue weighted by atomic mass is 35.5. The summed E-state index contributed by atoms with van der Waals surface area (Å²) in [5.41, 5.74) is 0.432. The third-order valence-electron chi connectivity index (χ3n) is 5.24. The molecule has 188 valence electrons. The van der Waals surface area contributed by atoms with Gasteiger partial charge in [-0.25, -0.2) is 22.7 Å². The first-order valence-corrected chi connectivity index (χ1v) is 12.9. The van der Waals surface area contributed by atoms with Crippen molar-refractivity contribution < 1.29 is 27.5 Å². The van der Waals surface area contributed by atoms with Crippen LogP contribution in [0.4, 0.5) is 4.79 Å². The number of methoxy groups -OCH3 is 1. The molecule has 0 aliphatic carbocycles. The lowest BCUT2D eigenvalue weighted by Crippen LogP contribution is -2.41. The number of carbonyl (C=O) groups excluding carboxylic acids is 2. The number of carbonyl (C=O) groups is 2. The van der Waals surface area contributed by atoms with Gasteiger partial charge in [0.25, 0.3) is 0 Å². The lowest BCUT2D eigenvalue weighted by Gasteiger charge is -2.27. The Morgan fingerprint density at radius 3 is 2.46 bits per heavy atom. The van der Waals surface area contributed by atoms with E-state index in [-0.39, 0.29) is 11.4 Å². The molecule has 1 fully saturated rings. The average molecular weight is 521 g/mol. The smallest absolute Gasteiger partial charge is 0.410 e. The molecule has 2 atom stereocenters. The molecule has 0 saturated carbocycles. The predicted molar refractivity (Wildman–Crippen MR) is 134 cm³/mol. The number of halogens is 1. The third kappa shape index (κ3) is 7.30. The third-order valence-corrected chi connectivity index (χ3v) is 7.02. The molecular formula is C25H29ClN2O6S. The molecule has 2 aromatic carbocycles. The molecule has 35 heavy (non-hydrogen) atoms. The molecule has 1 N–H and O–H groups in total. The van der Waals surface area contributed by atoms with Gasteiger partial charge in [0.15, 0.2) is 0 Å². The molecule has 0 aromatic heterocycles. The van der Waals surface area contributed by atoms with Crippen LogP contribution in [-0.4, -0.2) is 56.7 Å². The van der Waals surface area contributed by atoms with Gasteiger partial charge in [-0.15, -0.1) is 0 Å². The minimum atomic E-state index is -3.82. The number of ether oxygens (including phenoxy) is 2. The Hall–Kier alpha value is -2.88. The van der Waals surface area contributed by atoms with Crippen molar-refractivity contribution in [2.24, 2.45) is 0 Å². The lowest BCUT2D eigenvalue weighted by molar-refractivity contribution is 0.0253. The molecule has 8 nitrogen and oxygen atoms in total. The molecule has 1 saturated heterocycles. The quantitative estimate of drug-likeness (QED) is 0.563. The number of nitrogens with zero attached hydrogens (tertiary/aromatic N) is 1. The van der Waals surface area contributed by atoms with Crippen LogP contribution >= 0.6 is 11.6 Å². The summed E-state index contributed by atoms with van der Waals surface area (Å²) in [7, 11) is -2.50. The number of sulfonamides is 1. The molecule has 2 aromatic rings. The normalized spacial score (nSPS) is 18.6. The van der Waals surface area contributed by atoms with Gasteiger partial charge in [-0.05, 0) is 69.2 Å². The zero-order chi connectivity index (χ0) is 25.8. The van der Waals surface area contributed by atoms with Crippen LogP contribution in [0.25, 0.3) is 6.08 Å². The Kier molecular flexibility index (Phi) is 8.25. The number of nitrogens with one attached hydrogen (secondary N) is 1. The van der Waals surface area contributed by atoms with E-state index in [1.807, 2.05) is 6.07 Å². The van der Waals surface area contributed by atoms with Crippen LogP contribution < -0.4 is 4.72 Å². The van der Waals surface area contributed by atoms with Crippen molar-refractivity contribution in [3.63, 3.8) is 0 Å². The van der Waals surface area contributed by atoms with Crippen molar-refractivity contribution in [2.45, 2.75) is 49.8 Å². The second kappa shape index (κ2) is 10.8. The van der Waals surface area contributed by atoms with Gasteiger partial charge >= 0.3 is 12.1 Å². The summed E-state index contributed by atoms with van der Waals surface area (Å²) in [4.78, 5) is 26.3. The van der Waals surface area contributed by atoms with E-state index in [0.29, 0.717) is 17.0 Å². The SMILES string of the molecule is COC(=O)c1cccc(/C=C/[C@@H]2C[C@@H](NS(=O)(=O)c3ccc(Cl)cc3)CN2C(=O)OC(C)(C)C)c1.